The van der Waals surface area contributed by atoms with Gasteiger partial charge < -0.3 is 14.0 Å². The molecule has 0 amide bonds. The van der Waals surface area contributed by atoms with E-state index in [2.05, 4.69) is 26.2 Å². The number of hydrogen-bond donors (Lipinski definition) is 0. The Balaban J connectivity index is 2.42. The molecule has 1 aliphatic rings. The number of nitrogens with zero attached hydrogens (tertiary/aromatic N) is 1. The summed E-state index contributed by atoms with van der Waals surface area (Å²) in [4.78, 5) is 0. The Kier molecular flexibility index (Phi) is 2.80. The molecule has 3 nitrogen and oxygen atoms in total. The number of ether oxygens (including phenoxy) is 2. The fourth-order valence-corrected chi connectivity index (χ4v) is 2.22. The van der Waals surface area contributed by atoms with Crippen molar-refractivity contribution in [2.24, 2.45) is 0 Å². The molecule has 1 heterocycles. The van der Waals surface area contributed by atoms with Gasteiger partial charge in [-0.25, -0.2) is 0 Å². The molecule has 88 valence electrons. The zero-order chi connectivity index (χ0) is 11.8. The van der Waals surface area contributed by atoms with Gasteiger partial charge in [0.1, 0.15) is 0 Å². The van der Waals surface area contributed by atoms with Crippen molar-refractivity contribution < 1.29 is 14.0 Å². The molecule has 0 fully saturated rings. The van der Waals surface area contributed by atoms with Crippen LogP contribution in [0.25, 0.3) is 0 Å². The molecule has 3 heteroatoms. The summed E-state index contributed by atoms with van der Waals surface area (Å²) < 4.78 is 11.4. The lowest BCUT2D eigenvalue weighted by Crippen LogP contribution is -2.41. The standard InChI is InChI=1S/C13H19NO2/c1-14(2)6-5-10-7-12(15-3)13(16-4)8-11(10)9-14/h7-8H,1,5-6,9H2,2-4H3. The molecule has 1 unspecified atom stereocenters. The van der Waals surface area contributed by atoms with Crippen molar-refractivity contribution >= 4 is 0 Å². The van der Waals surface area contributed by atoms with Crippen LogP contribution in [-0.4, -0.2) is 32.3 Å². The fourth-order valence-electron chi connectivity index (χ4n) is 2.22. The zero-order valence-corrected chi connectivity index (χ0v) is 10.2. The normalized spacial score (nSPS) is 23.8. The quantitative estimate of drug-likeness (QED) is 0.562. The predicted octanol–water partition coefficient (Wildman–Crippen LogP) is 2.00. The molecule has 1 aromatic carbocycles. The Morgan fingerprint density at radius 1 is 1.12 bits per heavy atom. The Labute approximate surface area is 97.2 Å². The van der Waals surface area contributed by atoms with Crippen LogP contribution in [-0.2, 0) is 13.0 Å². The number of fused-ring (bicyclic) bond motifs is 1. The third-order valence-corrected chi connectivity index (χ3v) is 3.18. The first-order valence-corrected chi connectivity index (χ1v) is 5.48. The van der Waals surface area contributed by atoms with Crippen LogP contribution in [0, 0.1) is 7.05 Å². The van der Waals surface area contributed by atoms with Crippen LogP contribution in [0.3, 0.4) is 0 Å². The molecule has 0 saturated heterocycles. The van der Waals surface area contributed by atoms with E-state index in [1.807, 2.05) is 0 Å². The van der Waals surface area contributed by atoms with Crippen molar-refractivity contribution in [2.45, 2.75) is 13.0 Å². The van der Waals surface area contributed by atoms with Gasteiger partial charge in [0.15, 0.2) is 11.5 Å². The van der Waals surface area contributed by atoms with Crippen molar-refractivity contribution in [3.63, 3.8) is 0 Å². The van der Waals surface area contributed by atoms with E-state index in [0.717, 1.165) is 35.5 Å². The van der Waals surface area contributed by atoms with Crippen LogP contribution < -0.4 is 9.47 Å². The molecule has 0 radical (unpaired) electrons. The number of hydrogen-bond acceptors (Lipinski definition) is 2. The SMILES string of the molecule is [CH2-][N+]1(C)CCc2cc(OC)c(OC)cc2C1. The van der Waals surface area contributed by atoms with Gasteiger partial charge in [0.05, 0.1) is 27.3 Å². The van der Waals surface area contributed by atoms with Crippen LogP contribution in [0.2, 0.25) is 0 Å². The van der Waals surface area contributed by atoms with Crippen LogP contribution in [0.15, 0.2) is 12.1 Å². The van der Waals surface area contributed by atoms with E-state index >= 15 is 0 Å². The van der Waals surface area contributed by atoms with Gasteiger partial charge in [0.25, 0.3) is 0 Å². The van der Waals surface area contributed by atoms with Crippen molar-refractivity contribution in [1.29, 1.82) is 0 Å². The lowest BCUT2D eigenvalue weighted by Gasteiger charge is -2.42. The minimum atomic E-state index is 0.794. The molecule has 2 rings (SSSR count). The smallest absolute Gasteiger partial charge is 0.161 e. The average Bonchev–Trinajstić information content (AvgIpc) is 2.26. The Morgan fingerprint density at radius 3 is 2.25 bits per heavy atom. The number of benzene rings is 1. The van der Waals surface area contributed by atoms with Crippen molar-refractivity contribution in [3.8, 4) is 11.5 Å². The molecule has 1 atom stereocenters. The summed E-state index contributed by atoms with van der Waals surface area (Å²) >= 11 is 0. The molecular weight excluding hydrogens is 202 g/mol. The second-order valence-electron chi connectivity index (χ2n) is 4.73. The highest BCUT2D eigenvalue weighted by molar-refractivity contribution is 5.47. The van der Waals surface area contributed by atoms with E-state index in [9.17, 15) is 0 Å². The van der Waals surface area contributed by atoms with Gasteiger partial charge >= 0.3 is 0 Å². The lowest BCUT2D eigenvalue weighted by molar-refractivity contribution is -0.881. The summed E-state index contributed by atoms with van der Waals surface area (Å²) in [5.74, 6) is 1.63. The first-order valence-electron chi connectivity index (χ1n) is 5.48. The van der Waals surface area contributed by atoms with Crippen LogP contribution >= 0.6 is 0 Å². The second kappa shape index (κ2) is 3.98. The van der Waals surface area contributed by atoms with Crippen LogP contribution in [0.1, 0.15) is 11.1 Å². The second-order valence-corrected chi connectivity index (χ2v) is 4.73. The van der Waals surface area contributed by atoms with E-state index in [1.165, 1.54) is 11.1 Å². The summed E-state index contributed by atoms with van der Waals surface area (Å²) in [6.45, 7) is 2.03. The molecule has 16 heavy (non-hydrogen) atoms. The van der Waals surface area contributed by atoms with E-state index in [4.69, 9.17) is 9.47 Å². The van der Waals surface area contributed by atoms with Crippen molar-refractivity contribution in [3.05, 3.63) is 30.3 Å². The predicted molar refractivity (Wildman–Crippen MR) is 63.4 cm³/mol. The molecule has 0 aromatic heterocycles. The summed E-state index contributed by atoms with van der Waals surface area (Å²) in [6, 6.07) is 4.17. The Bertz CT molecular complexity index is 399. The largest absolute Gasteiger partial charge is 0.493 e. The van der Waals surface area contributed by atoms with Crippen molar-refractivity contribution in [1.82, 2.24) is 0 Å². The molecule has 0 aliphatic carbocycles. The van der Waals surface area contributed by atoms with Gasteiger partial charge in [-0.15, -0.1) is 7.05 Å². The zero-order valence-electron chi connectivity index (χ0n) is 10.2. The first-order chi connectivity index (χ1) is 7.55. The summed E-state index contributed by atoms with van der Waals surface area (Å²) in [5, 5.41) is 0. The average molecular weight is 221 g/mol. The molecule has 0 saturated carbocycles. The highest BCUT2D eigenvalue weighted by atomic mass is 16.5. The number of likely N-dealkylation sites (N-methyl/N-ethyl adjacent to an activating group) is 1. The lowest BCUT2D eigenvalue weighted by atomic mass is 9.98. The monoisotopic (exact) mass is 221 g/mol. The maximum atomic E-state index is 5.32. The van der Waals surface area contributed by atoms with E-state index in [0.29, 0.717) is 0 Å². The topological polar surface area (TPSA) is 18.5 Å². The van der Waals surface area contributed by atoms with Gasteiger partial charge in [-0.3, -0.25) is 0 Å². The molecule has 0 bridgehead atoms. The minimum absolute atomic E-state index is 0.794. The van der Waals surface area contributed by atoms with Crippen LogP contribution in [0.5, 0.6) is 11.5 Å². The minimum Gasteiger partial charge on any atom is -0.493 e. The van der Waals surface area contributed by atoms with Gasteiger partial charge in [-0.05, 0) is 17.7 Å². The van der Waals surface area contributed by atoms with Crippen molar-refractivity contribution in [2.75, 3.05) is 27.8 Å². The van der Waals surface area contributed by atoms with Gasteiger partial charge in [0.2, 0.25) is 0 Å². The van der Waals surface area contributed by atoms with Gasteiger partial charge in [-0.2, -0.15) is 0 Å². The number of rotatable bonds is 2. The summed E-state index contributed by atoms with van der Waals surface area (Å²) in [5.41, 5.74) is 2.68. The maximum absolute atomic E-state index is 5.32. The molecule has 0 N–H and O–H groups in total. The molecule has 1 aromatic rings. The molecular formula is C13H19NO2. The first kappa shape index (κ1) is 11.3. The Hall–Kier alpha value is -1.22. The van der Waals surface area contributed by atoms with E-state index in [1.54, 1.807) is 14.2 Å². The molecule has 0 spiro atoms. The highest BCUT2D eigenvalue weighted by Gasteiger charge is 2.22. The number of methoxy groups -OCH3 is 2. The third-order valence-electron chi connectivity index (χ3n) is 3.18. The van der Waals surface area contributed by atoms with Crippen LogP contribution in [0.4, 0.5) is 0 Å². The maximum Gasteiger partial charge on any atom is 0.161 e. The van der Waals surface area contributed by atoms with Gasteiger partial charge in [-0.1, -0.05) is 0 Å². The van der Waals surface area contributed by atoms with Gasteiger partial charge in [0, 0.05) is 19.0 Å². The molecule has 1 aliphatic heterocycles. The summed E-state index contributed by atoms with van der Waals surface area (Å²) in [7, 11) is 9.69. The van der Waals surface area contributed by atoms with E-state index in [-0.39, 0.29) is 0 Å². The highest BCUT2D eigenvalue weighted by Crippen LogP contribution is 2.34. The Morgan fingerprint density at radius 2 is 1.69 bits per heavy atom. The third kappa shape index (κ3) is 2.00. The van der Waals surface area contributed by atoms with E-state index < -0.39 is 0 Å². The number of quaternary nitrogens is 1. The fraction of sp³-hybridized carbons (Fsp3) is 0.462. The summed E-state index contributed by atoms with van der Waals surface area (Å²) in [6.07, 6.45) is 1.05.